The lowest BCUT2D eigenvalue weighted by Gasteiger charge is -2.17. The lowest BCUT2D eigenvalue weighted by Crippen LogP contribution is -2.31. The van der Waals surface area contributed by atoms with Crippen molar-refractivity contribution in [1.29, 1.82) is 5.26 Å². The minimum absolute atomic E-state index is 0.0295. The van der Waals surface area contributed by atoms with Gasteiger partial charge in [0.25, 0.3) is 5.91 Å². The second-order valence-electron chi connectivity index (χ2n) is 6.20. The average molecular weight is 419 g/mol. The Morgan fingerprint density at radius 2 is 1.87 bits per heavy atom. The number of phenols is 1. The molecule has 1 amide bonds. The molecule has 0 saturated carbocycles. The van der Waals surface area contributed by atoms with Gasteiger partial charge in [0.05, 0.1) is 4.92 Å². The number of hydrogen-bond donors (Lipinski definition) is 1. The summed E-state index contributed by atoms with van der Waals surface area (Å²) in [6.07, 6.45) is 0.675. The van der Waals surface area contributed by atoms with Crippen LogP contribution < -0.4 is 4.74 Å². The number of nitriles is 1. The Bertz CT molecular complexity index is 866. The second-order valence-corrected chi connectivity index (χ2v) is 6.20. The summed E-state index contributed by atoms with van der Waals surface area (Å²) < 4.78 is 10.0. The first kappa shape index (κ1) is 24.4. The molecule has 0 unspecified atom stereocenters. The van der Waals surface area contributed by atoms with E-state index in [-0.39, 0.29) is 11.1 Å². The monoisotopic (exact) mass is 419 g/mol. The van der Waals surface area contributed by atoms with Crippen LogP contribution in [0.2, 0.25) is 0 Å². The topological polar surface area (TPSA) is 143 Å². The maximum atomic E-state index is 12.4. The number of hydrogen-bond acceptors (Lipinski definition) is 8. The molecule has 0 aliphatic rings. The molecule has 0 fully saturated rings. The quantitative estimate of drug-likeness (QED) is 0.159. The van der Waals surface area contributed by atoms with E-state index in [1.54, 1.807) is 19.9 Å². The third-order valence-corrected chi connectivity index (χ3v) is 4.35. The molecule has 1 N–H and O–H groups in total. The van der Waals surface area contributed by atoms with Crippen molar-refractivity contribution < 1.29 is 29.1 Å². The van der Waals surface area contributed by atoms with Crippen LogP contribution in [0.25, 0.3) is 6.08 Å². The van der Waals surface area contributed by atoms with Gasteiger partial charge in [0.1, 0.15) is 17.7 Å². The van der Waals surface area contributed by atoms with Crippen molar-refractivity contribution >= 4 is 23.8 Å². The molecule has 10 nitrogen and oxygen atoms in total. The van der Waals surface area contributed by atoms with E-state index in [0.717, 1.165) is 18.2 Å². The van der Waals surface area contributed by atoms with Crippen LogP contribution >= 0.6 is 0 Å². The summed E-state index contributed by atoms with van der Waals surface area (Å²) in [4.78, 5) is 36.2. The van der Waals surface area contributed by atoms with Crippen molar-refractivity contribution in [2.75, 3.05) is 13.1 Å². The highest BCUT2D eigenvalue weighted by Gasteiger charge is 2.24. The van der Waals surface area contributed by atoms with Gasteiger partial charge in [0.2, 0.25) is 5.75 Å². The standard InChI is InChI=1S/C20H25N3O7/c1-5-15(6-2)29-20(26)30-17-11-13(10-16(18(17)24)23(27)28)9-14(12-21)19(25)22(7-3)8-4/h9-11,15,24H,5-8H2,1-4H3. The largest absolute Gasteiger partial charge is 0.514 e. The molecule has 0 heterocycles. The van der Waals surface area contributed by atoms with Gasteiger partial charge in [-0.3, -0.25) is 14.9 Å². The molecular weight excluding hydrogens is 394 g/mol. The maximum Gasteiger partial charge on any atom is 0.514 e. The minimum Gasteiger partial charge on any atom is -0.499 e. The minimum atomic E-state index is -1.13. The number of aromatic hydroxyl groups is 1. The number of amides is 1. The number of benzene rings is 1. The molecule has 0 saturated heterocycles. The van der Waals surface area contributed by atoms with Crippen LogP contribution in [0, 0.1) is 21.4 Å². The molecule has 1 rings (SSSR count). The molecule has 0 aliphatic carbocycles. The second kappa shape index (κ2) is 11.4. The van der Waals surface area contributed by atoms with E-state index in [1.165, 1.54) is 4.90 Å². The Balaban J connectivity index is 3.37. The van der Waals surface area contributed by atoms with Crippen molar-refractivity contribution in [1.82, 2.24) is 4.90 Å². The van der Waals surface area contributed by atoms with Crippen LogP contribution in [0.3, 0.4) is 0 Å². The summed E-state index contributed by atoms with van der Waals surface area (Å²) in [7, 11) is 0. The van der Waals surface area contributed by atoms with E-state index in [9.17, 15) is 30.1 Å². The van der Waals surface area contributed by atoms with E-state index in [1.807, 2.05) is 13.8 Å². The molecule has 10 heteroatoms. The number of likely N-dealkylation sites (N-methyl/N-ethyl adjacent to an activating group) is 1. The smallest absolute Gasteiger partial charge is 0.499 e. The predicted octanol–water partition coefficient (Wildman–Crippen LogP) is 3.78. The molecule has 0 spiro atoms. The fraction of sp³-hybridized carbons (Fsp3) is 0.450. The van der Waals surface area contributed by atoms with E-state index >= 15 is 0 Å². The normalized spacial score (nSPS) is 11.0. The molecule has 1 aromatic rings. The van der Waals surface area contributed by atoms with E-state index in [2.05, 4.69) is 0 Å². The van der Waals surface area contributed by atoms with Crippen LogP contribution in [0.5, 0.6) is 11.5 Å². The van der Waals surface area contributed by atoms with Gasteiger partial charge in [-0.05, 0) is 44.4 Å². The van der Waals surface area contributed by atoms with Gasteiger partial charge in [-0.2, -0.15) is 5.26 Å². The third kappa shape index (κ3) is 6.20. The van der Waals surface area contributed by atoms with Crippen LogP contribution in [0.1, 0.15) is 46.1 Å². The van der Waals surface area contributed by atoms with Gasteiger partial charge >= 0.3 is 11.8 Å². The number of carbonyl (C=O) groups excluding carboxylic acids is 2. The molecule has 30 heavy (non-hydrogen) atoms. The Kier molecular flexibility index (Phi) is 9.29. The molecule has 1 aromatic carbocycles. The number of nitrogens with zero attached hydrogens (tertiary/aromatic N) is 3. The zero-order valence-corrected chi connectivity index (χ0v) is 17.4. The van der Waals surface area contributed by atoms with Gasteiger partial charge in [0.15, 0.2) is 5.75 Å². The number of ether oxygens (including phenoxy) is 2. The highest BCUT2D eigenvalue weighted by atomic mass is 16.7. The van der Waals surface area contributed by atoms with Crippen molar-refractivity contribution in [2.45, 2.75) is 46.6 Å². The van der Waals surface area contributed by atoms with Crippen LogP contribution in [0.4, 0.5) is 10.5 Å². The zero-order valence-electron chi connectivity index (χ0n) is 17.4. The molecule has 0 aliphatic heterocycles. The molecule has 0 bridgehead atoms. The van der Waals surface area contributed by atoms with Gasteiger partial charge in [-0.25, -0.2) is 4.79 Å². The fourth-order valence-electron chi connectivity index (χ4n) is 2.61. The Morgan fingerprint density at radius 1 is 1.27 bits per heavy atom. The molecule has 0 atom stereocenters. The van der Waals surface area contributed by atoms with Crippen molar-refractivity contribution in [2.24, 2.45) is 0 Å². The number of nitro groups is 1. The maximum absolute atomic E-state index is 12.4. The fourth-order valence-corrected chi connectivity index (χ4v) is 2.61. The number of rotatable bonds is 9. The van der Waals surface area contributed by atoms with Crippen molar-refractivity contribution in [3.8, 4) is 17.6 Å². The van der Waals surface area contributed by atoms with Crippen LogP contribution in [-0.2, 0) is 9.53 Å². The van der Waals surface area contributed by atoms with Crippen molar-refractivity contribution in [3.63, 3.8) is 0 Å². The van der Waals surface area contributed by atoms with Crippen LogP contribution in [-0.4, -0.2) is 46.2 Å². The Labute approximate surface area is 174 Å². The number of nitro benzene ring substituents is 1. The summed E-state index contributed by atoms with van der Waals surface area (Å²) in [5, 5.41) is 30.7. The summed E-state index contributed by atoms with van der Waals surface area (Å²) in [5.74, 6) is -1.93. The summed E-state index contributed by atoms with van der Waals surface area (Å²) >= 11 is 0. The molecule has 0 aromatic heterocycles. The highest BCUT2D eigenvalue weighted by Crippen LogP contribution is 2.38. The average Bonchev–Trinajstić information content (AvgIpc) is 2.72. The van der Waals surface area contributed by atoms with E-state index in [4.69, 9.17) is 9.47 Å². The lowest BCUT2D eigenvalue weighted by atomic mass is 10.1. The summed E-state index contributed by atoms with van der Waals surface area (Å²) in [6.45, 7) is 7.87. The number of carbonyl (C=O) groups is 2. The SMILES string of the molecule is CCC(CC)OC(=O)Oc1cc(C=C(C#N)C(=O)N(CC)CC)cc([N+](=O)[O-])c1O. The Hall–Kier alpha value is -3.61. The summed E-state index contributed by atoms with van der Waals surface area (Å²) in [5.41, 5.74) is -0.979. The number of phenolic OH excluding ortho intramolecular Hbond substituents is 1. The van der Waals surface area contributed by atoms with E-state index < -0.39 is 40.3 Å². The van der Waals surface area contributed by atoms with Gasteiger partial charge < -0.3 is 19.5 Å². The van der Waals surface area contributed by atoms with Gasteiger partial charge in [0, 0.05) is 19.2 Å². The Morgan fingerprint density at radius 3 is 2.33 bits per heavy atom. The third-order valence-electron chi connectivity index (χ3n) is 4.35. The highest BCUT2D eigenvalue weighted by molar-refractivity contribution is 6.01. The van der Waals surface area contributed by atoms with Gasteiger partial charge in [-0.15, -0.1) is 0 Å². The molecule has 0 radical (unpaired) electrons. The molecular formula is C20H25N3O7. The predicted molar refractivity (Wildman–Crippen MR) is 108 cm³/mol. The van der Waals surface area contributed by atoms with E-state index in [0.29, 0.717) is 25.9 Å². The first-order valence-corrected chi connectivity index (χ1v) is 9.53. The molecule has 162 valence electrons. The van der Waals surface area contributed by atoms with Crippen molar-refractivity contribution in [3.05, 3.63) is 33.4 Å². The lowest BCUT2D eigenvalue weighted by molar-refractivity contribution is -0.385. The van der Waals surface area contributed by atoms with Gasteiger partial charge in [-0.1, -0.05) is 13.8 Å². The summed E-state index contributed by atoms with van der Waals surface area (Å²) in [6, 6.07) is 3.86. The van der Waals surface area contributed by atoms with Crippen LogP contribution in [0.15, 0.2) is 17.7 Å². The zero-order chi connectivity index (χ0) is 22.8. The first-order valence-electron chi connectivity index (χ1n) is 9.53. The first-order chi connectivity index (χ1) is 14.2.